The maximum atomic E-state index is 6.28. The molecule has 0 spiro atoms. The minimum absolute atomic E-state index is 0.0391. The van der Waals surface area contributed by atoms with Gasteiger partial charge in [-0.25, -0.2) is 15.0 Å². The van der Waals surface area contributed by atoms with Crippen LogP contribution in [0.1, 0.15) is 55.6 Å². The van der Waals surface area contributed by atoms with Crippen LogP contribution < -0.4 is 10.1 Å². The number of aromatic amines is 1. The molecule has 1 unspecified atom stereocenters. The van der Waals surface area contributed by atoms with Crippen LogP contribution in [0.3, 0.4) is 0 Å². The largest absolute Gasteiger partial charge is 0.492 e. The number of nitrogens with one attached hydrogen (secondary N) is 2. The molecule has 2 aromatic heterocycles. The van der Waals surface area contributed by atoms with Crippen molar-refractivity contribution < 1.29 is 4.74 Å². The van der Waals surface area contributed by atoms with E-state index < -0.39 is 0 Å². The Bertz CT molecular complexity index is 1600. The highest BCUT2D eigenvalue weighted by atomic mass is 16.5. The molecular formula is C32H35N7O. The first-order chi connectivity index (χ1) is 19.6. The van der Waals surface area contributed by atoms with Gasteiger partial charge in [-0.2, -0.15) is 0 Å². The minimum atomic E-state index is 0.0391. The first kappa shape index (κ1) is 24.8. The van der Waals surface area contributed by atoms with Gasteiger partial charge in [0.05, 0.1) is 17.9 Å². The number of rotatable bonds is 6. The van der Waals surface area contributed by atoms with E-state index in [0.717, 1.165) is 52.8 Å². The summed E-state index contributed by atoms with van der Waals surface area (Å²) >= 11 is 0. The van der Waals surface area contributed by atoms with E-state index in [-0.39, 0.29) is 12.2 Å². The second-order valence-electron chi connectivity index (χ2n) is 11.1. The van der Waals surface area contributed by atoms with Crippen molar-refractivity contribution in [2.45, 2.75) is 51.4 Å². The lowest BCUT2D eigenvalue weighted by molar-refractivity contribution is 0.0821. The fraction of sp³-hybridized carbons (Fsp3) is 0.344. The van der Waals surface area contributed by atoms with Gasteiger partial charge in [-0.1, -0.05) is 36.4 Å². The SMILES string of the molecule is CNC1=C(C)C(N2CCOc3ccc(-c4cnc5nc(C6CC6)[nH]c5c4)cc3C2)N([C@H](C)c2ccccc2)C=N1. The maximum absolute atomic E-state index is 6.28. The quantitative estimate of drug-likeness (QED) is 0.337. The number of benzene rings is 2. The van der Waals surface area contributed by atoms with Crippen LogP contribution in [0.15, 0.2) is 77.2 Å². The Morgan fingerprint density at radius 3 is 2.73 bits per heavy atom. The summed E-state index contributed by atoms with van der Waals surface area (Å²) < 4.78 is 6.28. The van der Waals surface area contributed by atoms with E-state index in [1.54, 1.807) is 0 Å². The van der Waals surface area contributed by atoms with Crippen LogP contribution in [0.25, 0.3) is 22.3 Å². The summed E-state index contributed by atoms with van der Waals surface area (Å²) in [7, 11) is 1.94. The highest BCUT2D eigenvalue weighted by Crippen LogP contribution is 2.39. The van der Waals surface area contributed by atoms with Gasteiger partial charge in [-0.15, -0.1) is 0 Å². The van der Waals surface area contributed by atoms with Crippen molar-refractivity contribution in [1.29, 1.82) is 0 Å². The standard InChI is InChI=1S/C32H35N7O/c1-20-29(33-3)35-19-39(21(2)22-7-5-4-6-8-22)32(20)38-13-14-40-28-12-11-24(15-26(28)18-38)25-16-27-31(34-17-25)37-30(36-27)23-9-10-23/h4-8,11-12,15-17,19,21,23,32-33H,9-10,13-14,18H2,1-3H3,(H,34,36,37)/t21-,32?/m1/s1. The van der Waals surface area contributed by atoms with Crippen LogP contribution in [0.5, 0.6) is 5.75 Å². The van der Waals surface area contributed by atoms with E-state index in [2.05, 4.69) is 93.5 Å². The predicted molar refractivity (Wildman–Crippen MR) is 158 cm³/mol. The molecule has 8 nitrogen and oxygen atoms in total. The summed E-state index contributed by atoms with van der Waals surface area (Å²) in [5.74, 6) is 3.51. The summed E-state index contributed by atoms with van der Waals surface area (Å²) in [6.45, 7) is 6.63. The number of hydrogen-bond acceptors (Lipinski definition) is 7. The number of pyridine rings is 1. The number of ether oxygens (including phenoxy) is 1. The number of aliphatic imine (C=N–C) groups is 1. The van der Waals surface area contributed by atoms with Crippen LogP contribution in [0.2, 0.25) is 0 Å². The van der Waals surface area contributed by atoms with Crippen LogP contribution in [0, 0.1) is 0 Å². The molecule has 204 valence electrons. The van der Waals surface area contributed by atoms with Crippen molar-refractivity contribution in [3.8, 4) is 16.9 Å². The fourth-order valence-electron chi connectivity index (χ4n) is 6.00. The van der Waals surface area contributed by atoms with E-state index >= 15 is 0 Å². The van der Waals surface area contributed by atoms with Crippen LogP contribution in [0.4, 0.5) is 0 Å². The molecule has 1 fully saturated rings. The van der Waals surface area contributed by atoms with Crippen molar-refractivity contribution in [3.05, 3.63) is 89.1 Å². The van der Waals surface area contributed by atoms with Gasteiger partial charge in [0, 0.05) is 49.0 Å². The first-order valence-corrected chi connectivity index (χ1v) is 14.2. The summed E-state index contributed by atoms with van der Waals surface area (Å²) in [5, 5.41) is 3.30. The Balaban J connectivity index is 1.21. The van der Waals surface area contributed by atoms with Crippen LogP contribution >= 0.6 is 0 Å². The Labute approximate surface area is 234 Å². The van der Waals surface area contributed by atoms with Gasteiger partial charge in [0.2, 0.25) is 0 Å². The van der Waals surface area contributed by atoms with Gasteiger partial charge < -0.3 is 19.9 Å². The van der Waals surface area contributed by atoms with E-state index in [0.29, 0.717) is 12.5 Å². The molecule has 4 aromatic rings. The number of imidazole rings is 1. The molecule has 7 rings (SSSR count). The molecule has 1 aliphatic carbocycles. The van der Waals surface area contributed by atoms with Gasteiger partial charge in [-0.05, 0) is 56.0 Å². The molecule has 2 N–H and O–H groups in total. The lowest BCUT2D eigenvalue weighted by atomic mass is 10.0. The number of H-pyrrole nitrogens is 1. The number of hydrogen-bond donors (Lipinski definition) is 2. The molecule has 4 heterocycles. The predicted octanol–water partition coefficient (Wildman–Crippen LogP) is 5.58. The van der Waals surface area contributed by atoms with Crippen molar-refractivity contribution >= 4 is 17.5 Å². The Morgan fingerprint density at radius 2 is 1.93 bits per heavy atom. The Kier molecular flexibility index (Phi) is 6.27. The van der Waals surface area contributed by atoms with Gasteiger partial charge in [0.1, 0.15) is 30.2 Å². The molecular weight excluding hydrogens is 498 g/mol. The summed E-state index contributed by atoms with van der Waals surface area (Å²) in [6, 6.07) is 19.5. The third-order valence-corrected chi connectivity index (χ3v) is 8.40. The topological polar surface area (TPSA) is 81.7 Å². The zero-order valence-corrected chi connectivity index (χ0v) is 23.3. The smallest absolute Gasteiger partial charge is 0.177 e. The van der Waals surface area contributed by atoms with Gasteiger partial charge in [0.25, 0.3) is 0 Å². The van der Waals surface area contributed by atoms with Crippen molar-refractivity contribution in [3.63, 3.8) is 0 Å². The molecule has 0 amide bonds. The molecule has 1 saturated carbocycles. The van der Waals surface area contributed by atoms with Crippen molar-refractivity contribution in [2.75, 3.05) is 20.2 Å². The Hall–Kier alpha value is -4.17. The zero-order chi connectivity index (χ0) is 27.2. The van der Waals surface area contributed by atoms with E-state index in [1.807, 2.05) is 19.6 Å². The lowest BCUT2D eigenvalue weighted by Crippen LogP contribution is -2.52. The van der Waals surface area contributed by atoms with E-state index in [1.165, 1.54) is 29.5 Å². The van der Waals surface area contributed by atoms with Crippen molar-refractivity contribution in [2.24, 2.45) is 4.99 Å². The number of nitrogens with zero attached hydrogens (tertiary/aromatic N) is 5. The van der Waals surface area contributed by atoms with Gasteiger partial charge in [0.15, 0.2) is 5.65 Å². The fourth-order valence-corrected chi connectivity index (χ4v) is 6.00. The third kappa shape index (κ3) is 4.52. The molecule has 8 heteroatoms. The average molecular weight is 534 g/mol. The molecule has 40 heavy (non-hydrogen) atoms. The van der Waals surface area contributed by atoms with Crippen molar-refractivity contribution in [1.82, 2.24) is 30.1 Å². The highest BCUT2D eigenvalue weighted by molar-refractivity contribution is 5.78. The summed E-state index contributed by atoms with van der Waals surface area (Å²) in [4.78, 5) is 22.5. The average Bonchev–Trinajstić information content (AvgIpc) is 3.78. The molecule has 0 saturated heterocycles. The minimum Gasteiger partial charge on any atom is -0.492 e. The monoisotopic (exact) mass is 533 g/mol. The second-order valence-corrected chi connectivity index (χ2v) is 11.1. The van der Waals surface area contributed by atoms with E-state index in [9.17, 15) is 0 Å². The summed E-state index contributed by atoms with van der Waals surface area (Å²) in [6.07, 6.45) is 6.40. The highest BCUT2D eigenvalue weighted by Gasteiger charge is 2.34. The number of aromatic nitrogens is 3. The molecule has 2 aliphatic heterocycles. The molecule has 2 aromatic carbocycles. The normalized spacial score (nSPS) is 20.3. The van der Waals surface area contributed by atoms with Gasteiger partial charge in [-0.3, -0.25) is 4.90 Å². The maximum Gasteiger partial charge on any atom is 0.177 e. The van der Waals surface area contributed by atoms with E-state index in [4.69, 9.17) is 14.7 Å². The molecule has 0 radical (unpaired) electrons. The zero-order valence-electron chi connectivity index (χ0n) is 23.3. The molecule has 3 aliphatic rings. The lowest BCUT2D eigenvalue weighted by Gasteiger charge is -2.44. The molecule has 0 bridgehead atoms. The first-order valence-electron chi connectivity index (χ1n) is 14.2. The summed E-state index contributed by atoms with van der Waals surface area (Å²) in [5.41, 5.74) is 7.64. The van der Waals surface area contributed by atoms with Crippen LogP contribution in [-0.2, 0) is 6.54 Å². The third-order valence-electron chi connectivity index (χ3n) is 8.40. The number of fused-ring (bicyclic) bond motifs is 2. The van der Waals surface area contributed by atoms with Gasteiger partial charge >= 0.3 is 0 Å². The van der Waals surface area contributed by atoms with Crippen LogP contribution in [-0.4, -0.2) is 57.5 Å². The second kappa shape index (κ2) is 10.1. The molecule has 2 atom stereocenters. The Morgan fingerprint density at radius 1 is 1.07 bits per heavy atom.